The van der Waals surface area contributed by atoms with E-state index in [0.717, 1.165) is 5.56 Å². The van der Waals surface area contributed by atoms with Gasteiger partial charge in [0.25, 0.3) is 0 Å². The summed E-state index contributed by atoms with van der Waals surface area (Å²) in [4.78, 5) is 11.2. The van der Waals surface area contributed by atoms with Crippen LogP contribution in [0.25, 0.3) is 0 Å². The Balaban J connectivity index is 0.00000169. The van der Waals surface area contributed by atoms with Gasteiger partial charge < -0.3 is 4.74 Å². The maximum atomic E-state index is 11.2. The van der Waals surface area contributed by atoms with Crippen LogP contribution in [0, 0.1) is 0 Å². The maximum absolute atomic E-state index is 11.2. The van der Waals surface area contributed by atoms with Crippen molar-refractivity contribution in [3.05, 3.63) is 35.9 Å². The fourth-order valence-corrected chi connectivity index (χ4v) is 1.08. The molecule has 0 fully saturated rings. The summed E-state index contributed by atoms with van der Waals surface area (Å²) < 4.78 is 4.70. The number of carbonyl (C=O) groups excluding carboxylic acids is 1. The number of benzene rings is 1. The largest absolute Gasteiger partial charge is 0.450 e. The Hall–Kier alpha value is -1.06. The molecule has 0 saturated heterocycles. The summed E-state index contributed by atoms with van der Waals surface area (Å²) in [6.07, 6.45) is 0. The van der Waals surface area contributed by atoms with Crippen molar-refractivity contribution in [2.45, 2.75) is 12.8 Å². The highest BCUT2D eigenvalue weighted by Crippen LogP contribution is 2.15. The molecule has 2 N–H and O–H groups in total. The summed E-state index contributed by atoms with van der Waals surface area (Å²) in [6.45, 7) is 1.74. The van der Waals surface area contributed by atoms with Gasteiger partial charge in [-0.2, -0.15) is 0 Å². The molecule has 14 heavy (non-hydrogen) atoms. The van der Waals surface area contributed by atoms with Crippen LogP contribution in [0.5, 0.6) is 0 Å². The van der Waals surface area contributed by atoms with E-state index in [0.29, 0.717) is 0 Å². The van der Waals surface area contributed by atoms with Crippen LogP contribution >= 0.6 is 12.4 Å². The van der Waals surface area contributed by atoms with E-state index < -0.39 is 0 Å². The molecule has 1 aromatic rings. The van der Waals surface area contributed by atoms with E-state index in [9.17, 15) is 4.79 Å². The molecule has 0 aliphatic carbocycles. The van der Waals surface area contributed by atoms with Crippen molar-refractivity contribution in [3.8, 4) is 0 Å². The summed E-state index contributed by atoms with van der Waals surface area (Å²) in [6, 6.07) is 9.47. The van der Waals surface area contributed by atoms with Crippen molar-refractivity contribution >= 4 is 18.4 Å². The fraction of sp³-hybridized carbons (Fsp3) is 0.300. The van der Waals surface area contributed by atoms with Gasteiger partial charge in [-0.3, -0.25) is 10.5 Å². The van der Waals surface area contributed by atoms with Crippen molar-refractivity contribution in [1.82, 2.24) is 0 Å². The molecule has 0 radical (unpaired) electrons. The van der Waals surface area contributed by atoms with E-state index in [2.05, 4.69) is 0 Å². The molecule has 0 aliphatic heterocycles. The van der Waals surface area contributed by atoms with Crippen LogP contribution in [0.4, 0.5) is 0 Å². The first kappa shape index (κ1) is 12.9. The van der Waals surface area contributed by atoms with Crippen LogP contribution < -0.4 is 5.73 Å². The lowest BCUT2D eigenvalue weighted by atomic mass is 10.0. The molecule has 0 saturated carbocycles. The average Bonchev–Trinajstić information content (AvgIpc) is 2.18. The second kappa shape index (κ2) is 6.40. The molecule has 0 aromatic heterocycles. The summed E-state index contributed by atoms with van der Waals surface area (Å²) in [5, 5.41) is 0. The van der Waals surface area contributed by atoms with Gasteiger partial charge in [0.05, 0.1) is 5.92 Å². The fourth-order valence-electron chi connectivity index (χ4n) is 1.08. The normalized spacial score (nSPS) is 11.3. The third kappa shape index (κ3) is 3.36. The zero-order chi connectivity index (χ0) is 9.68. The highest BCUT2D eigenvalue weighted by atomic mass is 35.5. The number of nitrogens with two attached hydrogens (primary N) is 1. The summed E-state index contributed by atoms with van der Waals surface area (Å²) >= 11 is 0. The molecule has 4 heteroatoms. The molecule has 1 aromatic carbocycles. The Kier molecular flexibility index (Phi) is 5.92. The lowest BCUT2D eigenvalue weighted by molar-refractivity contribution is -0.144. The second-order valence-corrected chi connectivity index (χ2v) is 2.76. The van der Waals surface area contributed by atoms with Crippen LogP contribution in [0.1, 0.15) is 18.4 Å². The van der Waals surface area contributed by atoms with Gasteiger partial charge in [0.15, 0.2) is 0 Å². The number of halogens is 1. The Labute approximate surface area is 89.7 Å². The van der Waals surface area contributed by atoms with Crippen LogP contribution in [-0.2, 0) is 9.53 Å². The summed E-state index contributed by atoms with van der Waals surface area (Å²) in [7, 11) is 0. The smallest absolute Gasteiger partial charge is 0.314 e. The van der Waals surface area contributed by atoms with Gasteiger partial charge in [0, 0.05) is 0 Å². The maximum Gasteiger partial charge on any atom is 0.314 e. The number of esters is 1. The van der Waals surface area contributed by atoms with E-state index in [4.69, 9.17) is 10.5 Å². The van der Waals surface area contributed by atoms with Gasteiger partial charge in [-0.1, -0.05) is 30.3 Å². The first-order valence-corrected chi connectivity index (χ1v) is 4.17. The highest BCUT2D eigenvalue weighted by Gasteiger charge is 2.15. The molecule has 0 bridgehead atoms. The first-order valence-electron chi connectivity index (χ1n) is 4.17. The topological polar surface area (TPSA) is 52.3 Å². The van der Waals surface area contributed by atoms with Crippen LogP contribution in [0.2, 0.25) is 0 Å². The summed E-state index contributed by atoms with van der Waals surface area (Å²) in [5.74, 6) is -0.529. The second-order valence-electron chi connectivity index (χ2n) is 2.76. The molecule has 0 spiro atoms. The number of hydrogen-bond acceptors (Lipinski definition) is 3. The number of carbonyl (C=O) groups is 1. The van der Waals surface area contributed by atoms with Crippen LogP contribution in [0.3, 0.4) is 0 Å². The third-order valence-corrected chi connectivity index (χ3v) is 1.88. The molecule has 1 unspecified atom stereocenters. The molecule has 0 aliphatic rings. The van der Waals surface area contributed by atoms with E-state index in [1.54, 1.807) is 6.92 Å². The van der Waals surface area contributed by atoms with Crippen LogP contribution in [-0.4, -0.2) is 12.7 Å². The molecule has 0 amide bonds. The van der Waals surface area contributed by atoms with Gasteiger partial charge in [-0.15, -0.1) is 12.4 Å². The van der Waals surface area contributed by atoms with Gasteiger partial charge in [-0.25, -0.2) is 0 Å². The Morgan fingerprint density at radius 3 is 2.50 bits per heavy atom. The van der Waals surface area contributed by atoms with Crippen molar-refractivity contribution in [2.75, 3.05) is 6.73 Å². The van der Waals surface area contributed by atoms with E-state index in [-0.39, 0.29) is 31.0 Å². The Morgan fingerprint density at radius 1 is 1.43 bits per heavy atom. The van der Waals surface area contributed by atoms with Crippen molar-refractivity contribution in [3.63, 3.8) is 0 Å². The van der Waals surface area contributed by atoms with Gasteiger partial charge in [0.1, 0.15) is 6.73 Å². The minimum absolute atomic E-state index is 0. The molecule has 3 nitrogen and oxygen atoms in total. The summed E-state index contributed by atoms with van der Waals surface area (Å²) in [5.41, 5.74) is 6.05. The number of hydrogen-bond donors (Lipinski definition) is 1. The van der Waals surface area contributed by atoms with Gasteiger partial charge in [-0.05, 0) is 12.5 Å². The van der Waals surface area contributed by atoms with Gasteiger partial charge in [0.2, 0.25) is 0 Å². The molecular formula is C10H14ClNO2. The van der Waals surface area contributed by atoms with E-state index >= 15 is 0 Å². The lowest BCUT2D eigenvalue weighted by Crippen LogP contribution is -2.17. The zero-order valence-electron chi connectivity index (χ0n) is 7.97. The standard InChI is InChI=1S/C10H13NO2.ClH/c1-8(10(12)13-7-11)9-5-3-2-4-6-9;/h2-6,8H,7,11H2,1H3;1H. The molecule has 78 valence electrons. The van der Waals surface area contributed by atoms with E-state index in [1.807, 2.05) is 30.3 Å². The van der Waals surface area contributed by atoms with Crippen molar-refractivity contribution < 1.29 is 9.53 Å². The molecule has 0 heterocycles. The SMILES string of the molecule is CC(C(=O)OCN)c1ccccc1.Cl. The predicted octanol–water partition coefficient (Wildman–Crippen LogP) is 1.67. The Morgan fingerprint density at radius 2 is 2.00 bits per heavy atom. The first-order chi connectivity index (χ1) is 6.25. The van der Waals surface area contributed by atoms with Crippen LogP contribution in [0.15, 0.2) is 30.3 Å². The molecule has 1 rings (SSSR count). The quantitative estimate of drug-likeness (QED) is 0.617. The number of ether oxygens (including phenoxy) is 1. The van der Waals surface area contributed by atoms with Gasteiger partial charge >= 0.3 is 5.97 Å². The lowest BCUT2D eigenvalue weighted by Gasteiger charge is -2.09. The highest BCUT2D eigenvalue weighted by molar-refractivity contribution is 5.85. The monoisotopic (exact) mass is 215 g/mol. The zero-order valence-corrected chi connectivity index (χ0v) is 8.79. The van der Waals surface area contributed by atoms with Crippen molar-refractivity contribution in [1.29, 1.82) is 0 Å². The average molecular weight is 216 g/mol. The number of rotatable bonds is 3. The predicted molar refractivity (Wildman–Crippen MR) is 57.3 cm³/mol. The molecular weight excluding hydrogens is 202 g/mol. The third-order valence-electron chi connectivity index (χ3n) is 1.88. The minimum atomic E-state index is -0.284. The Bertz CT molecular complexity index is 277. The van der Waals surface area contributed by atoms with Crippen molar-refractivity contribution in [2.24, 2.45) is 5.73 Å². The van der Waals surface area contributed by atoms with E-state index in [1.165, 1.54) is 0 Å². The molecule has 1 atom stereocenters. The minimum Gasteiger partial charge on any atom is -0.450 e.